The van der Waals surface area contributed by atoms with Crippen molar-refractivity contribution in [3.8, 4) is 0 Å². The Hall–Kier alpha value is -0.0800. The van der Waals surface area contributed by atoms with Crippen LogP contribution in [0.15, 0.2) is 0 Å². The number of methoxy groups -OCH3 is 1. The summed E-state index contributed by atoms with van der Waals surface area (Å²) in [7, 11) is 1.77. The lowest BCUT2D eigenvalue weighted by molar-refractivity contribution is 0.0789. The number of rotatable bonds is 6. The Kier molecular flexibility index (Phi) is 6.57. The van der Waals surface area contributed by atoms with Crippen LogP contribution in [0, 0.1) is 0 Å². The Labute approximate surface area is 70.5 Å². The van der Waals surface area contributed by atoms with Gasteiger partial charge < -0.3 is 9.64 Å². The molecule has 0 aromatic carbocycles. The fourth-order valence-electron chi connectivity index (χ4n) is 1.13. The molecule has 11 heavy (non-hydrogen) atoms. The third kappa shape index (κ3) is 5.22. The third-order valence-electron chi connectivity index (χ3n) is 1.90. The number of hydrogen-bond acceptors (Lipinski definition) is 2. The van der Waals surface area contributed by atoms with Crippen molar-refractivity contribution in [1.82, 2.24) is 4.90 Å². The maximum atomic E-state index is 5.19. The third-order valence-corrected chi connectivity index (χ3v) is 1.90. The zero-order valence-corrected chi connectivity index (χ0v) is 8.26. The molecule has 0 radical (unpaired) electrons. The van der Waals surface area contributed by atoms with Crippen molar-refractivity contribution < 1.29 is 4.74 Å². The quantitative estimate of drug-likeness (QED) is 0.585. The van der Waals surface area contributed by atoms with Crippen LogP contribution in [0.4, 0.5) is 0 Å². The Balaban J connectivity index is 3.49. The second kappa shape index (κ2) is 6.62. The molecule has 0 bridgehead atoms. The summed E-state index contributed by atoms with van der Waals surface area (Å²) in [5.41, 5.74) is 0. The molecule has 0 aliphatic rings. The van der Waals surface area contributed by atoms with Gasteiger partial charge in [0.2, 0.25) is 0 Å². The van der Waals surface area contributed by atoms with Gasteiger partial charge in [0.25, 0.3) is 0 Å². The molecular weight excluding hydrogens is 138 g/mol. The molecule has 68 valence electrons. The van der Waals surface area contributed by atoms with E-state index in [1.165, 1.54) is 13.0 Å². The fourth-order valence-corrected chi connectivity index (χ4v) is 1.13. The molecule has 2 heteroatoms. The first-order valence-electron chi connectivity index (χ1n) is 4.49. The second-order valence-corrected chi connectivity index (χ2v) is 2.94. The molecule has 0 spiro atoms. The highest BCUT2D eigenvalue weighted by Crippen LogP contribution is 1.96. The van der Waals surface area contributed by atoms with E-state index >= 15 is 0 Å². The van der Waals surface area contributed by atoms with Gasteiger partial charge in [-0.3, -0.25) is 0 Å². The predicted octanol–water partition coefficient (Wildman–Crippen LogP) is 1.75. The van der Waals surface area contributed by atoms with Gasteiger partial charge in [0.15, 0.2) is 0 Å². The standard InChI is InChI=1S/C9H21NO/c1-5-7-10(6-2)8-9(3)11-4/h9H,5-8H2,1-4H3. The minimum absolute atomic E-state index is 0.362. The summed E-state index contributed by atoms with van der Waals surface area (Å²) in [4.78, 5) is 2.41. The predicted molar refractivity (Wildman–Crippen MR) is 48.9 cm³/mol. The molecule has 0 saturated heterocycles. The van der Waals surface area contributed by atoms with Crippen LogP contribution < -0.4 is 0 Å². The lowest BCUT2D eigenvalue weighted by atomic mass is 10.3. The molecule has 0 rings (SSSR count). The summed E-state index contributed by atoms with van der Waals surface area (Å²) < 4.78 is 5.19. The van der Waals surface area contributed by atoms with Gasteiger partial charge in [-0.05, 0) is 26.4 Å². The van der Waals surface area contributed by atoms with Crippen LogP contribution in [-0.2, 0) is 4.74 Å². The highest BCUT2D eigenvalue weighted by molar-refractivity contribution is 4.59. The van der Waals surface area contributed by atoms with E-state index in [0.717, 1.165) is 13.1 Å². The molecule has 2 nitrogen and oxygen atoms in total. The minimum atomic E-state index is 0.362. The van der Waals surface area contributed by atoms with Crippen LogP contribution in [0.3, 0.4) is 0 Å². The van der Waals surface area contributed by atoms with E-state index in [0.29, 0.717) is 6.10 Å². The highest BCUT2D eigenvalue weighted by Gasteiger charge is 2.05. The lowest BCUT2D eigenvalue weighted by Gasteiger charge is -2.22. The molecule has 0 aliphatic carbocycles. The zero-order valence-electron chi connectivity index (χ0n) is 8.26. The molecule has 0 aromatic heterocycles. The van der Waals surface area contributed by atoms with Gasteiger partial charge in [0, 0.05) is 13.7 Å². The monoisotopic (exact) mass is 159 g/mol. The molecule has 0 aliphatic heterocycles. The number of likely N-dealkylation sites (N-methyl/N-ethyl adjacent to an activating group) is 1. The van der Waals surface area contributed by atoms with Crippen molar-refractivity contribution >= 4 is 0 Å². The average molecular weight is 159 g/mol. The van der Waals surface area contributed by atoms with Crippen LogP contribution in [0.1, 0.15) is 27.2 Å². The van der Waals surface area contributed by atoms with Crippen LogP contribution in [0.25, 0.3) is 0 Å². The van der Waals surface area contributed by atoms with Crippen LogP contribution >= 0.6 is 0 Å². The summed E-state index contributed by atoms with van der Waals surface area (Å²) in [6.45, 7) is 9.88. The van der Waals surface area contributed by atoms with E-state index in [-0.39, 0.29) is 0 Å². The number of nitrogens with zero attached hydrogens (tertiary/aromatic N) is 1. The van der Waals surface area contributed by atoms with E-state index in [1.54, 1.807) is 7.11 Å². The molecule has 0 saturated carbocycles. The molecular formula is C9H21NO. The largest absolute Gasteiger partial charge is 0.380 e. The van der Waals surface area contributed by atoms with Gasteiger partial charge in [0.1, 0.15) is 0 Å². The first kappa shape index (κ1) is 10.9. The SMILES string of the molecule is CCCN(CC)CC(C)OC. The van der Waals surface area contributed by atoms with E-state index in [1.807, 2.05) is 0 Å². The van der Waals surface area contributed by atoms with E-state index in [2.05, 4.69) is 25.7 Å². The molecule has 1 atom stereocenters. The molecule has 0 amide bonds. The first-order chi connectivity index (χ1) is 5.24. The normalized spacial score (nSPS) is 13.9. The van der Waals surface area contributed by atoms with Crippen molar-refractivity contribution in [2.24, 2.45) is 0 Å². The summed E-state index contributed by atoms with van der Waals surface area (Å²) in [6.07, 6.45) is 1.59. The smallest absolute Gasteiger partial charge is 0.0670 e. The van der Waals surface area contributed by atoms with Gasteiger partial charge >= 0.3 is 0 Å². The van der Waals surface area contributed by atoms with E-state index in [4.69, 9.17) is 4.74 Å². The first-order valence-corrected chi connectivity index (χ1v) is 4.49. The Morgan fingerprint density at radius 1 is 1.36 bits per heavy atom. The van der Waals surface area contributed by atoms with Gasteiger partial charge in [-0.25, -0.2) is 0 Å². The molecule has 0 fully saturated rings. The maximum Gasteiger partial charge on any atom is 0.0670 e. The zero-order chi connectivity index (χ0) is 8.69. The maximum absolute atomic E-state index is 5.19. The summed E-state index contributed by atoms with van der Waals surface area (Å²) in [5, 5.41) is 0. The van der Waals surface area contributed by atoms with Gasteiger partial charge in [-0.2, -0.15) is 0 Å². The van der Waals surface area contributed by atoms with Crippen molar-refractivity contribution in [3.63, 3.8) is 0 Å². The Morgan fingerprint density at radius 3 is 2.36 bits per heavy atom. The molecule has 0 N–H and O–H groups in total. The van der Waals surface area contributed by atoms with E-state index < -0.39 is 0 Å². The van der Waals surface area contributed by atoms with Crippen LogP contribution in [0.5, 0.6) is 0 Å². The fraction of sp³-hybridized carbons (Fsp3) is 1.00. The van der Waals surface area contributed by atoms with Gasteiger partial charge in [-0.15, -0.1) is 0 Å². The van der Waals surface area contributed by atoms with Gasteiger partial charge in [-0.1, -0.05) is 13.8 Å². The topological polar surface area (TPSA) is 12.5 Å². The average Bonchev–Trinajstić information content (AvgIpc) is 2.03. The number of ether oxygens (including phenoxy) is 1. The van der Waals surface area contributed by atoms with Crippen molar-refractivity contribution in [3.05, 3.63) is 0 Å². The summed E-state index contributed by atoms with van der Waals surface area (Å²) >= 11 is 0. The number of hydrogen-bond donors (Lipinski definition) is 0. The summed E-state index contributed by atoms with van der Waals surface area (Å²) in [5.74, 6) is 0. The Bertz CT molecular complexity index is 85.6. The lowest BCUT2D eigenvalue weighted by Crippen LogP contribution is -2.32. The molecule has 0 aromatic rings. The van der Waals surface area contributed by atoms with Crippen molar-refractivity contribution in [1.29, 1.82) is 0 Å². The van der Waals surface area contributed by atoms with Crippen LogP contribution in [0.2, 0.25) is 0 Å². The van der Waals surface area contributed by atoms with E-state index in [9.17, 15) is 0 Å². The minimum Gasteiger partial charge on any atom is -0.380 e. The Morgan fingerprint density at radius 2 is 2.00 bits per heavy atom. The summed E-state index contributed by atoms with van der Waals surface area (Å²) in [6, 6.07) is 0. The van der Waals surface area contributed by atoms with Gasteiger partial charge in [0.05, 0.1) is 6.10 Å². The molecule has 0 heterocycles. The second-order valence-electron chi connectivity index (χ2n) is 2.94. The highest BCUT2D eigenvalue weighted by atomic mass is 16.5. The van der Waals surface area contributed by atoms with Crippen molar-refractivity contribution in [2.45, 2.75) is 33.3 Å². The molecule has 1 unspecified atom stereocenters. The van der Waals surface area contributed by atoms with Crippen LogP contribution in [-0.4, -0.2) is 37.7 Å². The van der Waals surface area contributed by atoms with Crippen molar-refractivity contribution in [2.75, 3.05) is 26.7 Å².